The number of hydrogen-bond acceptors (Lipinski definition) is 6. The van der Waals surface area contributed by atoms with Crippen molar-refractivity contribution in [3.8, 4) is 0 Å². The van der Waals surface area contributed by atoms with Gasteiger partial charge in [-0.05, 0) is 52.4 Å². The summed E-state index contributed by atoms with van der Waals surface area (Å²) in [6.07, 6.45) is 0.0763. The van der Waals surface area contributed by atoms with Gasteiger partial charge in [0, 0.05) is 6.92 Å². The van der Waals surface area contributed by atoms with Crippen LogP contribution in [0.4, 0.5) is 0 Å². The zero-order chi connectivity index (χ0) is 25.5. The Kier molecular flexibility index (Phi) is 18.7. The highest BCUT2D eigenvalue weighted by molar-refractivity contribution is 5.75. The average molecular weight is 447 g/mol. The molecule has 0 N–H and O–H groups in total. The smallest absolute Gasteiger partial charge is 0.311 e. The standard InChI is InChI=1S/2C9H18O2.C7H14O2/c1-7(2)6-11-8(10)9(3,4)5;1-6(2)8(5)11-9(10)7(3)4;1-5(2)6(3)9-7(4)8/h7H,6H2,1-5H3;6-8H,1-5H3;5-6H,1-4H3. The van der Waals surface area contributed by atoms with Crippen molar-refractivity contribution in [2.45, 2.75) is 109 Å². The van der Waals surface area contributed by atoms with E-state index in [0.29, 0.717) is 24.4 Å². The fraction of sp³-hybridized carbons (Fsp3) is 0.880. The van der Waals surface area contributed by atoms with Crippen LogP contribution in [0, 0.1) is 29.1 Å². The number of esters is 3. The zero-order valence-corrected chi connectivity index (χ0v) is 22.6. The first-order chi connectivity index (χ1) is 13.8. The monoisotopic (exact) mass is 446 g/mol. The van der Waals surface area contributed by atoms with Gasteiger partial charge in [-0.25, -0.2) is 0 Å². The maximum absolute atomic E-state index is 11.1. The summed E-state index contributed by atoms with van der Waals surface area (Å²) < 4.78 is 15.0. The average Bonchev–Trinajstić information content (AvgIpc) is 2.58. The minimum Gasteiger partial charge on any atom is -0.465 e. The van der Waals surface area contributed by atoms with Crippen LogP contribution in [-0.4, -0.2) is 36.7 Å². The number of ether oxygens (including phenoxy) is 3. The SMILES string of the molecule is CC(=O)OC(C)C(C)C.CC(C)C(=O)OC(C)C(C)C.CC(C)COC(=O)C(C)(C)C. The Hall–Kier alpha value is -1.59. The topological polar surface area (TPSA) is 78.9 Å². The Bertz CT molecular complexity index is 501. The van der Waals surface area contributed by atoms with E-state index >= 15 is 0 Å². The molecule has 0 amide bonds. The van der Waals surface area contributed by atoms with E-state index in [1.165, 1.54) is 6.92 Å². The molecule has 0 saturated heterocycles. The highest BCUT2D eigenvalue weighted by Gasteiger charge is 2.22. The molecule has 186 valence electrons. The molecule has 0 radical (unpaired) electrons. The lowest BCUT2D eigenvalue weighted by molar-refractivity contribution is -0.154. The van der Waals surface area contributed by atoms with Crippen LogP contribution in [-0.2, 0) is 28.6 Å². The van der Waals surface area contributed by atoms with Gasteiger partial charge in [-0.1, -0.05) is 55.4 Å². The van der Waals surface area contributed by atoms with Gasteiger partial charge in [0.05, 0.1) is 17.9 Å². The van der Waals surface area contributed by atoms with Crippen molar-refractivity contribution in [2.24, 2.45) is 29.1 Å². The van der Waals surface area contributed by atoms with Crippen molar-refractivity contribution in [3.05, 3.63) is 0 Å². The van der Waals surface area contributed by atoms with Gasteiger partial charge in [0.25, 0.3) is 0 Å². The van der Waals surface area contributed by atoms with Gasteiger partial charge in [0.2, 0.25) is 0 Å². The van der Waals surface area contributed by atoms with Crippen molar-refractivity contribution in [3.63, 3.8) is 0 Å². The van der Waals surface area contributed by atoms with Crippen LogP contribution in [0.5, 0.6) is 0 Å². The second-order valence-corrected chi connectivity index (χ2v) is 10.3. The van der Waals surface area contributed by atoms with E-state index in [1.54, 1.807) is 0 Å². The van der Waals surface area contributed by atoms with Crippen molar-refractivity contribution in [2.75, 3.05) is 6.61 Å². The molecule has 0 bridgehead atoms. The van der Waals surface area contributed by atoms with Crippen molar-refractivity contribution < 1.29 is 28.6 Å². The Labute approximate surface area is 191 Å². The highest BCUT2D eigenvalue weighted by Crippen LogP contribution is 2.15. The van der Waals surface area contributed by atoms with Gasteiger partial charge in [0.15, 0.2) is 0 Å². The van der Waals surface area contributed by atoms with Gasteiger partial charge in [-0.2, -0.15) is 0 Å². The fourth-order valence-corrected chi connectivity index (χ4v) is 1.31. The summed E-state index contributed by atoms with van der Waals surface area (Å²) in [6.45, 7) is 27.2. The van der Waals surface area contributed by atoms with Crippen LogP contribution < -0.4 is 0 Å². The first kappa shape index (κ1) is 34.0. The molecule has 6 nitrogen and oxygen atoms in total. The second kappa shape index (κ2) is 17.0. The van der Waals surface area contributed by atoms with Crippen molar-refractivity contribution >= 4 is 17.9 Å². The quantitative estimate of drug-likeness (QED) is 0.349. The highest BCUT2D eigenvalue weighted by atomic mass is 16.5. The van der Waals surface area contributed by atoms with Crippen LogP contribution in [0.2, 0.25) is 0 Å². The van der Waals surface area contributed by atoms with Gasteiger partial charge < -0.3 is 14.2 Å². The number of carbonyl (C=O) groups is 3. The van der Waals surface area contributed by atoms with E-state index in [2.05, 4.69) is 0 Å². The molecule has 0 aromatic rings. The lowest BCUT2D eigenvalue weighted by atomic mass is 9.97. The van der Waals surface area contributed by atoms with Crippen molar-refractivity contribution in [1.82, 2.24) is 0 Å². The van der Waals surface area contributed by atoms with E-state index < -0.39 is 0 Å². The first-order valence-corrected chi connectivity index (χ1v) is 11.4. The molecule has 0 aliphatic rings. The Morgan fingerprint density at radius 3 is 1.32 bits per heavy atom. The summed E-state index contributed by atoms with van der Waals surface area (Å²) in [5.74, 6) is 0.790. The minimum atomic E-state index is -0.366. The molecular weight excluding hydrogens is 396 g/mol. The minimum absolute atomic E-state index is 0.0174. The third-order valence-electron chi connectivity index (χ3n) is 4.16. The Morgan fingerprint density at radius 2 is 1.10 bits per heavy atom. The van der Waals surface area contributed by atoms with Crippen LogP contribution in [0.3, 0.4) is 0 Å². The predicted molar refractivity (Wildman–Crippen MR) is 127 cm³/mol. The fourth-order valence-electron chi connectivity index (χ4n) is 1.31. The molecular formula is C25H50O6. The molecule has 0 aliphatic carbocycles. The molecule has 31 heavy (non-hydrogen) atoms. The van der Waals surface area contributed by atoms with Crippen LogP contribution in [0.15, 0.2) is 0 Å². The molecule has 0 aromatic carbocycles. The molecule has 0 spiro atoms. The Morgan fingerprint density at radius 1 is 0.710 bits per heavy atom. The number of hydrogen-bond donors (Lipinski definition) is 0. The van der Waals surface area contributed by atoms with Crippen LogP contribution in [0.1, 0.15) is 96.9 Å². The largest absolute Gasteiger partial charge is 0.465 e. The third-order valence-corrected chi connectivity index (χ3v) is 4.16. The van der Waals surface area contributed by atoms with E-state index in [9.17, 15) is 14.4 Å². The second-order valence-electron chi connectivity index (χ2n) is 10.3. The molecule has 0 rings (SSSR count). The van der Waals surface area contributed by atoms with Crippen LogP contribution >= 0.6 is 0 Å². The Balaban J connectivity index is -0.000000382. The summed E-state index contributed by atoms with van der Waals surface area (Å²) in [5, 5.41) is 0. The van der Waals surface area contributed by atoms with Gasteiger partial charge in [0.1, 0.15) is 12.2 Å². The summed E-state index contributed by atoms with van der Waals surface area (Å²) in [7, 11) is 0. The molecule has 0 heterocycles. The molecule has 2 atom stereocenters. The number of carbonyl (C=O) groups excluding carboxylic acids is 3. The van der Waals surface area contributed by atoms with E-state index in [1.807, 2.05) is 90.0 Å². The molecule has 6 heteroatoms. The van der Waals surface area contributed by atoms with Crippen LogP contribution in [0.25, 0.3) is 0 Å². The van der Waals surface area contributed by atoms with E-state index in [0.717, 1.165) is 0 Å². The summed E-state index contributed by atoms with van der Waals surface area (Å²) in [6, 6.07) is 0. The van der Waals surface area contributed by atoms with E-state index in [-0.39, 0.29) is 41.4 Å². The summed E-state index contributed by atoms with van der Waals surface area (Å²) in [5.41, 5.74) is -0.366. The van der Waals surface area contributed by atoms with Crippen molar-refractivity contribution in [1.29, 1.82) is 0 Å². The lowest BCUT2D eigenvalue weighted by Gasteiger charge is -2.17. The third kappa shape index (κ3) is 22.9. The first-order valence-electron chi connectivity index (χ1n) is 11.4. The van der Waals surface area contributed by atoms with Gasteiger partial charge in [-0.15, -0.1) is 0 Å². The maximum Gasteiger partial charge on any atom is 0.311 e. The zero-order valence-electron chi connectivity index (χ0n) is 22.6. The van der Waals surface area contributed by atoms with Gasteiger partial charge in [-0.3, -0.25) is 14.4 Å². The number of rotatable bonds is 7. The van der Waals surface area contributed by atoms with Gasteiger partial charge >= 0.3 is 17.9 Å². The molecule has 0 saturated carbocycles. The van der Waals surface area contributed by atoms with E-state index in [4.69, 9.17) is 14.2 Å². The summed E-state index contributed by atoms with van der Waals surface area (Å²) in [4.78, 5) is 32.5. The predicted octanol–water partition coefficient (Wildman–Crippen LogP) is 6.06. The lowest BCUT2D eigenvalue weighted by Crippen LogP contribution is -2.24. The molecule has 0 aromatic heterocycles. The molecule has 0 aliphatic heterocycles. The normalized spacial score (nSPS) is 13.0. The molecule has 2 unspecified atom stereocenters. The molecule has 0 fully saturated rings. The summed E-state index contributed by atoms with van der Waals surface area (Å²) >= 11 is 0. The maximum atomic E-state index is 11.1.